The third-order valence-electron chi connectivity index (χ3n) is 11.7. The molecule has 248 valence electrons. The lowest BCUT2D eigenvalue weighted by molar-refractivity contribution is -0.127. The molecular formula is C36H50N6O4. The van der Waals surface area contributed by atoms with Crippen LogP contribution in [0.25, 0.3) is 0 Å². The van der Waals surface area contributed by atoms with E-state index in [1.807, 2.05) is 29.2 Å². The average molecular weight is 631 g/mol. The van der Waals surface area contributed by atoms with Crippen molar-refractivity contribution in [2.24, 2.45) is 29.7 Å². The number of anilines is 1. The number of amides is 3. The Morgan fingerprint density at radius 2 is 1.76 bits per heavy atom. The van der Waals surface area contributed by atoms with Crippen molar-refractivity contribution in [1.82, 2.24) is 25.3 Å². The highest BCUT2D eigenvalue weighted by Gasteiger charge is 2.54. The summed E-state index contributed by atoms with van der Waals surface area (Å²) in [7, 11) is 3.33. The van der Waals surface area contributed by atoms with Gasteiger partial charge in [-0.1, -0.05) is 51.7 Å². The van der Waals surface area contributed by atoms with Gasteiger partial charge in [-0.3, -0.25) is 19.1 Å². The third-order valence-corrected chi connectivity index (χ3v) is 11.7. The summed E-state index contributed by atoms with van der Waals surface area (Å²) >= 11 is 0. The summed E-state index contributed by atoms with van der Waals surface area (Å²) in [6, 6.07) is 8.65. The summed E-state index contributed by atoms with van der Waals surface area (Å²) in [6.45, 7) is 10.3. The topological polar surface area (TPSA) is 118 Å². The Labute approximate surface area is 272 Å². The second-order valence-corrected chi connectivity index (χ2v) is 14.9. The first-order valence-corrected chi connectivity index (χ1v) is 16.9. The van der Waals surface area contributed by atoms with E-state index in [1.165, 1.54) is 11.1 Å². The molecule has 0 spiro atoms. The van der Waals surface area contributed by atoms with Crippen molar-refractivity contribution in [3.8, 4) is 0 Å². The maximum Gasteiger partial charge on any atom is 0.270 e. The second kappa shape index (κ2) is 12.4. The lowest BCUT2D eigenvalue weighted by atomic mass is 9.66. The molecule has 3 saturated carbocycles. The summed E-state index contributed by atoms with van der Waals surface area (Å²) < 4.78 is 6.95. The third kappa shape index (κ3) is 6.15. The lowest BCUT2D eigenvalue weighted by Gasteiger charge is -2.42. The van der Waals surface area contributed by atoms with E-state index in [0.717, 1.165) is 50.5 Å². The summed E-state index contributed by atoms with van der Waals surface area (Å²) in [6.07, 6.45) is 11.1. The molecule has 10 heteroatoms. The van der Waals surface area contributed by atoms with E-state index >= 15 is 0 Å². The number of carbonyl (C=O) groups excluding carboxylic acids is 3. The zero-order valence-electron chi connectivity index (χ0n) is 27.9. The van der Waals surface area contributed by atoms with Crippen molar-refractivity contribution >= 4 is 23.4 Å². The number of aromatic nitrogens is 2. The summed E-state index contributed by atoms with van der Waals surface area (Å²) in [5, 5.41) is 13.7. The van der Waals surface area contributed by atoms with E-state index < -0.39 is 11.5 Å². The first-order chi connectivity index (χ1) is 22.0. The maximum atomic E-state index is 14.1. The Kier molecular flexibility index (Phi) is 8.67. The minimum absolute atomic E-state index is 0.0165. The number of hydrogen-bond acceptors (Lipinski definition) is 6. The van der Waals surface area contributed by atoms with Crippen molar-refractivity contribution in [2.45, 2.75) is 83.1 Å². The predicted molar refractivity (Wildman–Crippen MR) is 177 cm³/mol. The molecule has 10 nitrogen and oxygen atoms in total. The molecule has 6 rings (SSSR count). The number of aryl methyl sites for hydroxylation is 1. The van der Waals surface area contributed by atoms with Crippen molar-refractivity contribution in [3.63, 3.8) is 0 Å². The van der Waals surface area contributed by atoms with Gasteiger partial charge >= 0.3 is 0 Å². The Morgan fingerprint density at radius 1 is 1.04 bits per heavy atom. The fraction of sp³-hybridized carbons (Fsp3) is 0.611. The molecule has 3 N–H and O–H groups in total. The lowest BCUT2D eigenvalue weighted by Crippen LogP contribution is -2.54. The predicted octanol–water partition coefficient (Wildman–Crippen LogP) is 4.74. The molecule has 4 fully saturated rings. The van der Waals surface area contributed by atoms with E-state index in [0.29, 0.717) is 49.2 Å². The molecule has 1 aromatic heterocycles. The number of likely N-dealkylation sites (tertiary alicyclic amines) is 1. The number of carbonyl (C=O) groups is 3. The second-order valence-electron chi connectivity index (χ2n) is 14.9. The van der Waals surface area contributed by atoms with Crippen molar-refractivity contribution < 1.29 is 19.1 Å². The van der Waals surface area contributed by atoms with E-state index in [2.05, 4.69) is 41.5 Å². The molecule has 3 atom stereocenters. The van der Waals surface area contributed by atoms with Gasteiger partial charge in [-0.2, -0.15) is 5.10 Å². The van der Waals surface area contributed by atoms with E-state index in [1.54, 1.807) is 26.4 Å². The number of benzene rings is 1. The molecule has 1 aliphatic heterocycles. The highest BCUT2D eigenvalue weighted by molar-refractivity contribution is 6.01. The minimum Gasteiger partial charge on any atom is -0.483 e. The molecule has 3 amide bonds. The molecule has 2 heterocycles. The molecule has 46 heavy (non-hydrogen) atoms. The molecule has 1 aromatic carbocycles. The Balaban J connectivity index is 1.22. The number of nitrogens with zero attached hydrogens (tertiary/aromatic N) is 3. The van der Waals surface area contributed by atoms with Gasteiger partial charge in [0.1, 0.15) is 11.7 Å². The molecule has 4 aliphatic rings. The van der Waals surface area contributed by atoms with Crippen molar-refractivity contribution in [1.29, 1.82) is 0 Å². The van der Waals surface area contributed by atoms with E-state index in [-0.39, 0.29) is 34.5 Å². The highest BCUT2D eigenvalue weighted by Crippen LogP contribution is 2.58. The van der Waals surface area contributed by atoms with Crippen LogP contribution < -0.4 is 16.0 Å². The molecule has 0 bridgehead atoms. The average Bonchev–Trinajstić information content (AvgIpc) is 3.37. The van der Waals surface area contributed by atoms with Crippen LogP contribution in [0.3, 0.4) is 0 Å². The molecule has 1 saturated heterocycles. The van der Waals surface area contributed by atoms with Crippen molar-refractivity contribution in [2.75, 3.05) is 32.1 Å². The number of nitrogens with one attached hydrogen (secondary N) is 3. The van der Waals surface area contributed by atoms with Gasteiger partial charge < -0.3 is 25.6 Å². The summed E-state index contributed by atoms with van der Waals surface area (Å²) in [5.41, 5.74) is 1.39. The van der Waals surface area contributed by atoms with Crippen LogP contribution in [0, 0.1) is 22.7 Å². The van der Waals surface area contributed by atoms with Gasteiger partial charge in [-0.05, 0) is 85.1 Å². The molecular weight excluding hydrogens is 580 g/mol. The van der Waals surface area contributed by atoms with Crippen LogP contribution in [-0.2, 0) is 26.8 Å². The van der Waals surface area contributed by atoms with E-state index in [4.69, 9.17) is 4.74 Å². The van der Waals surface area contributed by atoms with Crippen LogP contribution in [0.1, 0.15) is 87.7 Å². The Morgan fingerprint density at radius 3 is 2.30 bits per heavy atom. The summed E-state index contributed by atoms with van der Waals surface area (Å²) in [4.78, 5) is 43.4. The monoisotopic (exact) mass is 630 g/mol. The van der Waals surface area contributed by atoms with Crippen LogP contribution in [0.5, 0.6) is 0 Å². The number of methoxy groups -OCH3 is 1. The molecule has 0 radical (unpaired) electrons. The fourth-order valence-corrected chi connectivity index (χ4v) is 7.92. The zero-order valence-corrected chi connectivity index (χ0v) is 27.9. The van der Waals surface area contributed by atoms with Gasteiger partial charge in [0, 0.05) is 38.6 Å². The van der Waals surface area contributed by atoms with Crippen LogP contribution >= 0.6 is 0 Å². The maximum absolute atomic E-state index is 14.1. The largest absolute Gasteiger partial charge is 0.483 e. The van der Waals surface area contributed by atoms with Crippen LogP contribution in [-0.4, -0.2) is 65.2 Å². The van der Waals surface area contributed by atoms with Crippen LogP contribution in [0.15, 0.2) is 49.0 Å². The van der Waals surface area contributed by atoms with Gasteiger partial charge in [0.15, 0.2) is 5.88 Å². The number of rotatable bonds is 13. The quantitative estimate of drug-likeness (QED) is 0.275. The first kappa shape index (κ1) is 32.1. The first-order valence-electron chi connectivity index (χ1n) is 16.9. The highest BCUT2D eigenvalue weighted by atomic mass is 16.5. The fourth-order valence-electron chi connectivity index (χ4n) is 7.92. The van der Waals surface area contributed by atoms with Crippen LogP contribution in [0.4, 0.5) is 5.69 Å². The smallest absolute Gasteiger partial charge is 0.270 e. The molecule has 2 unspecified atom stereocenters. The van der Waals surface area contributed by atoms with Gasteiger partial charge in [-0.25, -0.2) is 0 Å². The van der Waals surface area contributed by atoms with Crippen molar-refractivity contribution in [3.05, 3.63) is 60.2 Å². The van der Waals surface area contributed by atoms with Gasteiger partial charge in [-0.15, -0.1) is 0 Å². The Hall–Kier alpha value is -3.82. The standard InChI is InChI=1S/C36H50N6O4/c1-24(46-5)42-21-19-36(23-42,33(45)37-22-34(2)15-7-16-34)26-10-12-27(13-11-26)39-32(44)30(40-31(43)28-14-20-38-41(28)4)29(25-8-6-9-25)35(3)17-18-35/h10-14,20,25,29-30H,1,6-9,15-19,21-23H2,2-5H3,(H,37,45)(H,39,44)(H,40,43)/t29?,30-,36?/m0/s1. The summed E-state index contributed by atoms with van der Waals surface area (Å²) in [5.74, 6) is 0.525. The van der Waals surface area contributed by atoms with Gasteiger partial charge in [0.05, 0.1) is 12.5 Å². The zero-order chi connectivity index (χ0) is 32.7. The number of hydrogen-bond donors (Lipinski definition) is 3. The SMILES string of the molecule is C=C(OC)N1CCC(C(=O)NCC2(C)CCC2)(c2ccc(NC(=O)[C@@H](NC(=O)c3ccnn3C)C(C3CCC3)C3(C)CC3)cc2)C1. The van der Waals surface area contributed by atoms with Gasteiger partial charge in [0.2, 0.25) is 11.8 Å². The normalized spacial score (nSPS) is 24.1. The number of ether oxygens (including phenoxy) is 1. The van der Waals surface area contributed by atoms with Crippen LogP contribution in [0.2, 0.25) is 0 Å². The minimum atomic E-state index is -0.764. The molecule has 2 aromatic rings. The Bertz CT molecular complexity index is 1470. The van der Waals surface area contributed by atoms with Gasteiger partial charge in [0.25, 0.3) is 5.91 Å². The van der Waals surface area contributed by atoms with E-state index in [9.17, 15) is 14.4 Å². The molecule has 3 aliphatic carbocycles.